The molecule has 1 saturated heterocycles. The van der Waals surface area contributed by atoms with Crippen LogP contribution in [0.5, 0.6) is 5.75 Å². The fraction of sp³-hybridized carbons (Fsp3) is 0.524. The number of ether oxygens (including phenoxy) is 1. The molecule has 5 nitrogen and oxygen atoms in total. The van der Waals surface area contributed by atoms with Gasteiger partial charge in [0.15, 0.2) is 0 Å². The van der Waals surface area contributed by atoms with Gasteiger partial charge in [-0.05, 0) is 51.9 Å². The van der Waals surface area contributed by atoms with Crippen LogP contribution in [-0.4, -0.2) is 41.5 Å². The number of hydrogen-bond donors (Lipinski definition) is 1. The molecule has 0 spiro atoms. The van der Waals surface area contributed by atoms with E-state index in [-0.39, 0.29) is 5.91 Å². The van der Waals surface area contributed by atoms with Gasteiger partial charge in [0.05, 0.1) is 12.1 Å². The van der Waals surface area contributed by atoms with E-state index < -0.39 is 0 Å². The molecule has 1 unspecified atom stereocenters. The minimum absolute atomic E-state index is 0.0372. The van der Waals surface area contributed by atoms with Crippen LogP contribution in [-0.2, 0) is 17.8 Å². The van der Waals surface area contributed by atoms with E-state index in [4.69, 9.17) is 4.74 Å². The van der Waals surface area contributed by atoms with Crippen molar-refractivity contribution in [3.8, 4) is 5.75 Å². The number of thiazole rings is 1. The minimum atomic E-state index is 0.0372. The van der Waals surface area contributed by atoms with Crippen molar-refractivity contribution in [3.05, 3.63) is 45.9 Å². The summed E-state index contributed by atoms with van der Waals surface area (Å²) in [7, 11) is 0. The van der Waals surface area contributed by atoms with Crippen LogP contribution in [0.4, 0.5) is 0 Å². The van der Waals surface area contributed by atoms with Gasteiger partial charge in [-0.25, -0.2) is 4.98 Å². The second-order valence-electron chi connectivity index (χ2n) is 7.26. The zero-order chi connectivity index (χ0) is 19.1. The number of carbonyl (C=O) groups excluding carboxylic acids is 1. The zero-order valence-electron chi connectivity index (χ0n) is 16.2. The Balaban J connectivity index is 1.40. The first-order valence-corrected chi connectivity index (χ1v) is 10.6. The van der Waals surface area contributed by atoms with Crippen molar-refractivity contribution < 1.29 is 9.53 Å². The molecule has 1 aliphatic heterocycles. The Morgan fingerprint density at radius 2 is 2.00 bits per heavy atom. The third-order valence-electron chi connectivity index (χ3n) is 4.93. The minimum Gasteiger partial charge on any atom is -0.486 e. The quantitative estimate of drug-likeness (QED) is 0.752. The number of likely N-dealkylation sites (tertiary alicyclic amines) is 1. The molecular formula is C21H29N3O2S. The van der Waals surface area contributed by atoms with Gasteiger partial charge >= 0.3 is 0 Å². The summed E-state index contributed by atoms with van der Waals surface area (Å²) in [4.78, 5) is 19.2. The summed E-state index contributed by atoms with van der Waals surface area (Å²) in [5.74, 6) is 0.872. The Morgan fingerprint density at radius 3 is 2.74 bits per heavy atom. The third-order valence-corrected chi connectivity index (χ3v) is 5.80. The summed E-state index contributed by atoms with van der Waals surface area (Å²) in [6.45, 7) is 7.67. The van der Waals surface area contributed by atoms with Crippen molar-refractivity contribution in [1.82, 2.24) is 15.2 Å². The van der Waals surface area contributed by atoms with Crippen LogP contribution in [0.3, 0.4) is 0 Å². The first-order chi connectivity index (χ1) is 13.1. The molecule has 0 bridgehead atoms. The standard InChI is InChI=1S/C21H29N3O2S/c1-16-6-8-19(9-7-16)26-14-21-23-18(15-27-21)12-20(25)22-13-17(2)24-10-4-3-5-11-24/h6-9,15,17H,3-5,10-14H2,1-2H3,(H,22,25). The Morgan fingerprint density at radius 1 is 1.26 bits per heavy atom. The monoisotopic (exact) mass is 387 g/mol. The molecular weight excluding hydrogens is 358 g/mol. The Labute approximate surface area is 165 Å². The average molecular weight is 388 g/mol. The van der Waals surface area contributed by atoms with Crippen LogP contribution in [0.2, 0.25) is 0 Å². The van der Waals surface area contributed by atoms with Crippen molar-refractivity contribution in [2.24, 2.45) is 0 Å². The van der Waals surface area contributed by atoms with Crippen molar-refractivity contribution in [3.63, 3.8) is 0 Å². The zero-order valence-corrected chi connectivity index (χ0v) is 17.1. The number of benzene rings is 1. The van der Waals surface area contributed by atoms with Crippen molar-refractivity contribution >= 4 is 17.2 Å². The Hall–Kier alpha value is -1.92. The molecule has 1 fully saturated rings. The van der Waals surface area contributed by atoms with Crippen LogP contribution in [0.25, 0.3) is 0 Å². The molecule has 1 aromatic carbocycles. The number of amides is 1. The Bertz CT molecular complexity index is 723. The van der Waals surface area contributed by atoms with E-state index >= 15 is 0 Å². The van der Waals surface area contributed by atoms with Crippen molar-refractivity contribution in [1.29, 1.82) is 0 Å². The lowest BCUT2D eigenvalue weighted by Gasteiger charge is -2.32. The van der Waals surface area contributed by atoms with Gasteiger partial charge in [0.25, 0.3) is 0 Å². The molecule has 6 heteroatoms. The van der Waals surface area contributed by atoms with Crippen LogP contribution in [0, 0.1) is 6.92 Å². The second kappa shape index (κ2) is 9.85. The first kappa shape index (κ1) is 19.8. The highest BCUT2D eigenvalue weighted by molar-refractivity contribution is 7.09. The third kappa shape index (κ3) is 6.33. The first-order valence-electron chi connectivity index (χ1n) is 9.73. The number of nitrogens with one attached hydrogen (secondary N) is 1. The summed E-state index contributed by atoms with van der Waals surface area (Å²) in [5, 5.41) is 5.89. The molecule has 2 heterocycles. The van der Waals surface area contributed by atoms with Crippen LogP contribution in [0.15, 0.2) is 29.6 Å². The summed E-state index contributed by atoms with van der Waals surface area (Å²) in [6, 6.07) is 8.36. The maximum Gasteiger partial charge on any atom is 0.226 e. The number of piperidine rings is 1. The fourth-order valence-electron chi connectivity index (χ4n) is 3.25. The van der Waals surface area contributed by atoms with Crippen molar-refractivity contribution in [2.75, 3.05) is 19.6 Å². The van der Waals surface area contributed by atoms with Crippen LogP contribution < -0.4 is 10.1 Å². The Kier molecular flexibility index (Phi) is 7.24. The highest BCUT2D eigenvalue weighted by Gasteiger charge is 2.17. The summed E-state index contributed by atoms with van der Waals surface area (Å²) >= 11 is 1.54. The van der Waals surface area contributed by atoms with E-state index in [0.29, 0.717) is 25.6 Å². The van der Waals surface area contributed by atoms with Gasteiger partial charge in [0, 0.05) is 18.0 Å². The highest BCUT2D eigenvalue weighted by atomic mass is 32.1. The molecule has 0 aliphatic carbocycles. The molecule has 0 radical (unpaired) electrons. The topological polar surface area (TPSA) is 54.5 Å². The molecule has 1 aromatic heterocycles. The van der Waals surface area contributed by atoms with Gasteiger partial charge in [-0.15, -0.1) is 11.3 Å². The summed E-state index contributed by atoms with van der Waals surface area (Å²) in [6.07, 6.45) is 4.19. The van der Waals surface area contributed by atoms with E-state index in [2.05, 4.69) is 29.0 Å². The molecule has 1 atom stereocenters. The molecule has 146 valence electrons. The number of aromatic nitrogens is 1. The van der Waals surface area contributed by atoms with Crippen LogP contribution >= 0.6 is 11.3 Å². The number of carbonyl (C=O) groups is 1. The number of hydrogen-bond acceptors (Lipinski definition) is 5. The maximum atomic E-state index is 12.2. The molecule has 1 aliphatic rings. The van der Waals surface area contributed by atoms with Gasteiger partial charge in [0.1, 0.15) is 17.4 Å². The number of nitrogens with zero attached hydrogens (tertiary/aromatic N) is 2. The SMILES string of the molecule is Cc1ccc(OCc2nc(CC(=O)NCC(C)N3CCCCC3)cs2)cc1. The average Bonchev–Trinajstić information content (AvgIpc) is 3.13. The van der Waals surface area contributed by atoms with Gasteiger partial charge in [-0.1, -0.05) is 24.1 Å². The normalized spacial score (nSPS) is 16.1. The van der Waals surface area contributed by atoms with Crippen molar-refractivity contribution in [2.45, 2.75) is 52.2 Å². The number of aryl methyl sites for hydroxylation is 1. The predicted octanol–water partition coefficient (Wildman–Crippen LogP) is 3.56. The van der Waals surface area contributed by atoms with E-state index in [9.17, 15) is 4.79 Å². The second-order valence-corrected chi connectivity index (χ2v) is 8.20. The maximum absolute atomic E-state index is 12.2. The largest absolute Gasteiger partial charge is 0.486 e. The lowest BCUT2D eigenvalue weighted by Crippen LogP contribution is -2.44. The van der Waals surface area contributed by atoms with Gasteiger partial charge < -0.3 is 10.1 Å². The smallest absolute Gasteiger partial charge is 0.226 e. The lowest BCUT2D eigenvalue weighted by molar-refractivity contribution is -0.120. The fourth-order valence-corrected chi connectivity index (χ4v) is 3.96. The lowest BCUT2D eigenvalue weighted by atomic mass is 10.1. The van der Waals surface area contributed by atoms with E-state index in [1.807, 2.05) is 29.6 Å². The molecule has 27 heavy (non-hydrogen) atoms. The van der Waals surface area contributed by atoms with E-state index in [0.717, 1.165) is 29.5 Å². The molecule has 2 aromatic rings. The van der Waals surface area contributed by atoms with Gasteiger partial charge in [-0.3, -0.25) is 9.69 Å². The van der Waals surface area contributed by atoms with Crippen LogP contribution in [0.1, 0.15) is 42.5 Å². The predicted molar refractivity (Wildman–Crippen MR) is 109 cm³/mol. The van der Waals surface area contributed by atoms with Gasteiger partial charge in [-0.2, -0.15) is 0 Å². The highest BCUT2D eigenvalue weighted by Crippen LogP contribution is 2.16. The molecule has 1 amide bonds. The summed E-state index contributed by atoms with van der Waals surface area (Å²) < 4.78 is 5.75. The van der Waals surface area contributed by atoms with E-state index in [1.165, 1.54) is 36.2 Å². The molecule has 3 rings (SSSR count). The molecule has 0 saturated carbocycles. The van der Waals surface area contributed by atoms with E-state index in [1.54, 1.807) is 0 Å². The molecule has 1 N–H and O–H groups in total. The van der Waals surface area contributed by atoms with Gasteiger partial charge in [0.2, 0.25) is 5.91 Å². The number of rotatable bonds is 8. The summed E-state index contributed by atoms with van der Waals surface area (Å²) in [5.41, 5.74) is 2.02.